The molecule has 0 amide bonds. The highest BCUT2D eigenvalue weighted by Crippen LogP contribution is 2.31. The van der Waals surface area contributed by atoms with Gasteiger partial charge in [0.25, 0.3) is 0 Å². The predicted molar refractivity (Wildman–Crippen MR) is 118 cm³/mol. The van der Waals surface area contributed by atoms with E-state index in [9.17, 15) is 13.2 Å². The number of hydrogen-bond donors (Lipinski definition) is 0. The van der Waals surface area contributed by atoms with Gasteiger partial charge in [-0.2, -0.15) is 13.2 Å². The Morgan fingerprint density at radius 3 is 2.50 bits per heavy atom. The largest absolute Gasteiger partial charge is 0.416 e. The van der Waals surface area contributed by atoms with Crippen LogP contribution in [-0.2, 0) is 25.7 Å². The first-order valence-corrected chi connectivity index (χ1v) is 11.1. The van der Waals surface area contributed by atoms with Crippen molar-refractivity contribution < 1.29 is 13.2 Å². The molecule has 162 valence electrons. The maximum Gasteiger partial charge on any atom is 0.416 e. The van der Waals surface area contributed by atoms with Crippen molar-refractivity contribution in [3.8, 4) is 22.0 Å². The number of thiophene rings is 1. The van der Waals surface area contributed by atoms with Crippen LogP contribution in [0, 0.1) is 0 Å². The summed E-state index contributed by atoms with van der Waals surface area (Å²) in [6.07, 6.45) is 0.138. The van der Waals surface area contributed by atoms with Crippen LogP contribution in [0.15, 0.2) is 66.3 Å². The molecule has 0 atom stereocenters. The lowest BCUT2D eigenvalue weighted by Crippen LogP contribution is -2.31. The molecule has 0 spiro atoms. The summed E-state index contributed by atoms with van der Waals surface area (Å²) in [6.45, 7) is 2.37. The van der Waals surface area contributed by atoms with Crippen LogP contribution in [0.1, 0.15) is 22.4 Å². The third kappa shape index (κ3) is 4.42. The Hall–Kier alpha value is -3.10. The number of rotatable bonds is 4. The number of benzene rings is 1. The van der Waals surface area contributed by atoms with Crippen LogP contribution in [-0.4, -0.2) is 26.4 Å². The van der Waals surface area contributed by atoms with Crippen molar-refractivity contribution in [1.82, 2.24) is 19.9 Å². The van der Waals surface area contributed by atoms with Gasteiger partial charge in [0.2, 0.25) is 0 Å². The molecular weight excluding hydrogens is 433 g/mol. The highest BCUT2D eigenvalue weighted by atomic mass is 32.1. The smallest absolute Gasteiger partial charge is 0.294 e. The van der Waals surface area contributed by atoms with Crippen molar-refractivity contribution in [2.45, 2.75) is 25.7 Å². The van der Waals surface area contributed by atoms with Crippen molar-refractivity contribution >= 4 is 11.3 Å². The molecule has 32 heavy (non-hydrogen) atoms. The van der Waals surface area contributed by atoms with E-state index in [1.54, 1.807) is 17.5 Å². The van der Waals surface area contributed by atoms with E-state index in [0.717, 1.165) is 65.6 Å². The predicted octanol–water partition coefficient (Wildman–Crippen LogP) is 5.84. The van der Waals surface area contributed by atoms with Crippen LogP contribution < -0.4 is 0 Å². The number of alkyl halides is 3. The quantitative estimate of drug-likeness (QED) is 0.390. The summed E-state index contributed by atoms with van der Waals surface area (Å²) >= 11 is 1.67. The van der Waals surface area contributed by atoms with Crippen LogP contribution in [0.5, 0.6) is 0 Å². The molecule has 4 aromatic rings. The second-order valence-corrected chi connectivity index (χ2v) is 8.68. The molecule has 1 aromatic carbocycles. The van der Waals surface area contributed by atoms with E-state index < -0.39 is 11.7 Å². The molecule has 4 heterocycles. The molecule has 0 saturated carbocycles. The molecule has 0 radical (unpaired) electrons. The lowest BCUT2D eigenvalue weighted by atomic mass is 10.1. The Balaban J connectivity index is 1.26. The first-order valence-electron chi connectivity index (χ1n) is 10.2. The highest BCUT2D eigenvalue weighted by Gasteiger charge is 2.30. The average Bonchev–Trinajstić information content (AvgIpc) is 3.34. The molecule has 0 unspecified atom stereocenters. The first-order chi connectivity index (χ1) is 15.5. The Bertz CT molecular complexity index is 1200. The Morgan fingerprint density at radius 2 is 1.81 bits per heavy atom. The maximum atomic E-state index is 12.8. The minimum atomic E-state index is -4.35. The molecule has 0 bridgehead atoms. The average molecular weight is 453 g/mol. The summed E-state index contributed by atoms with van der Waals surface area (Å²) in [5, 5.41) is 2.04. The van der Waals surface area contributed by atoms with Crippen molar-refractivity contribution in [3.05, 3.63) is 88.7 Å². The van der Waals surface area contributed by atoms with Gasteiger partial charge in [0.15, 0.2) is 5.82 Å². The standard InChI is InChI=1S/C24H19F3N4S/c25-24(26,27)19-6-4-17(5-7-19)23-29-13-18-15-31(10-9-20(18)30-23)14-16-3-8-21(28-12-16)22-2-1-11-32-22/h1-8,11-13H,9-10,14-15H2. The second-order valence-electron chi connectivity index (χ2n) is 7.73. The zero-order chi connectivity index (χ0) is 22.1. The molecule has 0 fully saturated rings. The summed E-state index contributed by atoms with van der Waals surface area (Å²) in [4.78, 5) is 17.1. The van der Waals surface area contributed by atoms with Gasteiger partial charge in [0.05, 0.1) is 21.8 Å². The number of nitrogens with zero attached hydrogens (tertiary/aromatic N) is 4. The summed E-state index contributed by atoms with van der Waals surface area (Å²) in [5.41, 5.74) is 4.05. The summed E-state index contributed by atoms with van der Waals surface area (Å²) in [6, 6.07) is 13.2. The van der Waals surface area contributed by atoms with E-state index in [1.807, 2.05) is 17.6 Å². The van der Waals surface area contributed by atoms with Crippen molar-refractivity contribution in [3.63, 3.8) is 0 Å². The van der Waals surface area contributed by atoms with Gasteiger partial charge in [0.1, 0.15) is 0 Å². The van der Waals surface area contributed by atoms with E-state index in [0.29, 0.717) is 11.4 Å². The van der Waals surface area contributed by atoms with Crippen molar-refractivity contribution in [2.24, 2.45) is 0 Å². The summed E-state index contributed by atoms with van der Waals surface area (Å²) in [7, 11) is 0. The van der Waals surface area contributed by atoms with Crippen LogP contribution in [0.25, 0.3) is 22.0 Å². The van der Waals surface area contributed by atoms with E-state index in [2.05, 4.69) is 38.1 Å². The lowest BCUT2D eigenvalue weighted by Gasteiger charge is -2.28. The summed E-state index contributed by atoms with van der Waals surface area (Å²) < 4.78 is 38.4. The fraction of sp³-hybridized carbons (Fsp3) is 0.208. The molecule has 0 N–H and O–H groups in total. The van der Waals surface area contributed by atoms with Crippen molar-refractivity contribution in [2.75, 3.05) is 6.54 Å². The second kappa shape index (κ2) is 8.44. The van der Waals surface area contributed by atoms with Crippen LogP contribution in [0.3, 0.4) is 0 Å². The molecule has 8 heteroatoms. The highest BCUT2D eigenvalue weighted by molar-refractivity contribution is 7.13. The van der Waals surface area contributed by atoms with Gasteiger partial charge in [0, 0.05) is 49.6 Å². The van der Waals surface area contributed by atoms with Crippen molar-refractivity contribution in [1.29, 1.82) is 0 Å². The SMILES string of the molecule is FC(F)(F)c1ccc(-c2ncc3c(n2)CCN(Cc2ccc(-c4cccs4)nc2)C3)cc1. The van der Waals surface area contributed by atoms with Crippen LogP contribution in [0.2, 0.25) is 0 Å². The zero-order valence-corrected chi connectivity index (χ0v) is 17.8. The number of halogens is 3. The molecule has 4 nitrogen and oxygen atoms in total. The molecule has 5 rings (SSSR count). The Morgan fingerprint density at radius 1 is 0.969 bits per heavy atom. The molecule has 1 aliphatic heterocycles. The normalized spacial score (nSPS) is 14.3. The fourth-order valence-corrected chi connectivity index (χ4v) is 4.51. The van der Waals surface area contributed by atoms with E-state index in [4.69, 9.17) is 0 Å². The third-order valence-electron chi connectivity index (χ3n) is 5.49. The van der Waals surface area contributed by atoms with Crippen LogP contribution in [0.4, 0.5) is 13.2 Å². The fourth-order valence-electron chi connectivity index (χ4n) is 3.80. The number of aromatic nitrogens is 3. The third-order valence-corrected chi connectivity index (χ3v) is 6.38. The first kappa shape index (κ1) is 20.8. The van der Waals surface area contributed by atoms with E-state index in [-0.39, 0.29) is 0 Å². The van der Waals surface area contributed by atoms with Gasteiger partial charge >= 0.3 is 6.18 Å². The van der Waals surface area contributed by atoms with Gasteiger partial charge in [-0.15, -0.1) is 11.3 Å². The zero-order valence-electron chi connectivity index (χ0n) is 17.0. The maximum absolute atomic E-state index is 12.8. The van der Waals surface area contributed by atoms with E-state index >= 15 is 0 Å². The van der Waals surface area contributed by atoms with Gasteiger partial charge < -0.3 is 0 Å². The molecule has 1 aliphatic rings. The minimum absolute atomic E-state index is 0.458. The lowest BCUT2D eigenvalue weighted by molar-refractivity contribution is -0.137. The Kier molecular flexibility index (Phi) is 5.48. The molecule has 0 aliphatic carbocycles. The topological polar surface area (TPSA) is 41.9 Å². The van der Waals surface area contributed by atoms with E-state index in [1.165, 1.54) is 12.1 Å². The number of fused-ring (bicyclic) bond motifs is 1. The number of pyridine rings is 1. The number of hydrogen-bond acceptors (Lipinski definition) is 5. The minimum Gasteiger partial charge on any atom is -0.294 e. The summed E-state index contributed by atoms with van der Waals surface area (Å²) in [5.74, 6) is 0.458. The Labute approximate surface area is 187 Å². The van der Waals surface area contributed by atoms with Gasteiger partial charge in [-0.25, -0.2) is 9.97 Å². The van der Waals surface area contributed by atoms with Gasteiger partial charge in [-0.05, 0) is 35.2 Å². The molecule has 0 saturated heterocycles. The van der Waals surface area contributed by atoms with Gasteiger partial charge in [-0.1, -0.05) is 24.3 Å². The molecular formula is C24H19F3N4S. The van der Waals surface area contributed by atoms with Gasteiger partial charge in [-0.3, -0.25) is 9.88 Å². The monoisotopic (exact) mass is 452 g/mol. The van der Waals surface area contributed by atoms with Crippen LogP contribution >= 0.6 is 11.3 Å². The molecule has 3 aromatic heterocycles.